The molecule has 0 aliphatic heterocycles. The molecule has 0 aliphatic rings. The Kier molecular flexibility index (Phi) is 7.77. The first-order chi connectivity index (χ1) is 12.3. The van der Waals surface area contributed by atoms with Crippen LogP contribution in [0.25, 0.3) is 10.9 Å². The number of aromatic nitrogens is 1. The number of rotatable bonds is 5. The summed E-state index contributed by atoms with van der Waals surface area (Å²) in [5.74, 6) is 0.512. The average molecular weight is 464 g/mol. The van der Waals surface area contributed by atoms with Gasteiger partial charge in [0.05, 0.1) is 5.52 Å². The molecule has 0 saturated heterocycles. The Morgan fingerprint density at radius 2 is 1.77 bits per heavy atom. The molecular weight excluding hydrogens is 442 g/mol. The summed E-state index contributed by atoms with van der Waals surface area (Å²) in [6, 6.07) is 16.9. The van der Waals surface area contributed by atoms with Crippen molar-refractivity contribution >= 4 is 40.8 Å². The van der Waals surface area contributed by atoms with Crippen LogP contribution in [0.15, 0.2) is 65.8 Å². The summed E-state index contributed by atoms with van der Waals surface area (Å²) >= 11 is 0. The van der Waals surface area contributed by atoms with Gasteiger partial charge in [-0.2, -0.15) is 0 Å². The van der Waals surface area contributed by atoms with Crippen LogP contribution in [0.2, 0.25) is 0 Å². The lowest BCUT2D eigenvalue weighted by Gasteiger charge is -2.13. The zero-order valence-electron chi connectivity index (χ0n) is 14.6. The monoisotopic (exact) mass is 464 g/mol. The second kappa shape index (κ2) is 10.1. The molecular formula is C20H22FIN4. The third kappa shape index (κ3) is 5.14. The summed E-state index contributed by atoms with van der Waals surface area (Å²) in [4.78, 5) is 8.67. The van der Waals surface area contributed by atoms with E-state index in [1.165, 1.54) is 6.07 Å². The van der Waals surface area contributed by atoms with Gasteiger partial charge in [-0.25, -0.2) is 4.39 Å². The molecule has 3 rings (SSSR count). The van der Waals surface area contributed by atoms with Crippen molar-refractivity contribution in [2.45, 2.75) is 13.0 Å². The van der Waals surface area contributed by atoms with Crippen LogP contribution in [0.4, 0.5) is 4.39 Å². The van der Waals surface area contributed by atoms with Crippen LogP contribution in [0.5, 0.6) is 0 Å². The Morgan fingerprint density at radius 1 is 1.00 bits per heavy atom. The van der Waals surface area contributed by atoms with Crippen LogP contribution in [0.3, 0.4) is 0 Å². The molecule has 0 bridgehead atoms. The number of benzene rings is 2. The van der Waals surface area contributed by atoms with Crippen molar-refractivity contribution in [1.29, 1.82) is 0 Å². The van der Waals surface area contributed by atoms with Crippen LogP contribution < -0.4 is 10.6 Å². The number of para-hydroxylation sites is 1. The molecule has 6 heteroatoms. The average Bonchev–Trinajstić information content (AvgIpc) is 2.66. The predicted octanol–water partition coefficient (Wildman–Crippen LogP) is 3.90. The minimum absolute atomic E-state index is 0. The summed E-state index contributed by atoms with van der Waals surface area (Å²) in [5.41, 5.74) is 2.79. The lowest BCUT2D eigenvalue weighted by Crippen LogP contribution is -2.38. The number of nitrogens with one attached hydrogen (secondary N) is 2. The van der Waals surface area contributed by atoms with Gasteiger partial charge in [0.25, 0.3) is 0 Å². The molecule has 0 spiro atoms. The number of guanidine groups is 1. The Hall–Kier alpha value is -2.22. The van der Waals surface area contributed by atoms with E-state index < -0.39 is 0 Å². The van der Waals surface area contributed by atoms with Crippen molar-refractivity contribution in [2.75, 3.05) is 13.6 Å². The number of halogens is 2. The number of nitrogens with zero attached hydrogens (tertiary/aromatic N) is 2. The minimum Gasteiger partial charge on any atom is -0.356 e. The van der Waals surface area contributed by atoms with Gasteiger partial charge in [0.15, 0.2) is 5.96 Å². The van der Waals surface area contributed by atoms with E-state index in [1.54, 1.807) is 25.4 Å². The maximum Gasteiger partial charge on any atom is 0.191 e. The van der Waals surface area contributed by atoms with Gasteiger partial charge in [0.2, 0.25) is 0 Å². The van der Waals surface area contributed by atoms with Gasteiger partial charge in [-0.05, 0) is 29.7 Å². The molecule has 0 saturated carbocycles. The Balaban J connectivity index is 0.00000243. The van der Waals surface area contributed by atoms with Crippen molar-refractivity contribution in [2.24, 2.45) is 4.99 Å². The summed E-state index contributed by atoms with van der Waals surface area (Å²) in [6.45, 7) is 1.22. The molecule has 1 aromatic heterocycles. The first kappa shape index (κ1) is 20.1. The molecule has 26 heavy (non-hydrogen) atoms. The van der Waals surface area contributed by atoms with Gasteiger partial charge < -0.3 is 10.6 Å². The molecule has 3 aromatic rings. The minimum atomic E-state index is -0.172. The van der Waals surface area contributed by atoms with E-state index in [0.29, 0.717) is 31.0 Å². The molecule has 2 N–H and O–H groups in total. The first-order valence-corrected chi connectivity index (χ1v) is 8.28. The van der Waals surface area contributed by atoms with E-state index in [1.807, 2.05) is 30.3 Å². The van der Waals surface area contributed by atoms with E-state index in [-0.39, 0.29) is 29.8 Å². The van der Waals surface area contributed by atoms with Crippen LogP contribution in [0, 0.1) is 5.82 Å². The highest BCUT2D eigenvalue weighted by Gasteiger charge is 2.04. The summed E-state index contributed by atoms with van der Waals surface area (Å²) in [7, 11) is 1.72. The van der Waals surface area contributed by atoms with E-state index in [0.717, 1.165) is 16.5 Å². The van der Waals surface area contributed by atoms with Crippen LogP contribution >= 0.6 is 24.0 Å². The van der Waals surface area contributed by atoms with Crippen LogP contribution in [-0.2, 0) is 13.0 Å². The van der Waals surface area contributed by atoms with Gasteiger partial charge in [0.1, 0.15) is 5.82 Å². The highest BCUT2D eigenvalue weighted by Crippen LogP contribution is 2.15. The first-order valence-electron chi connectivity index (χ1n) is 8.28. The maximum absolute atomic E-state index is 13.6. The quantitative estimate of drug-likeness (QED) is 0.342. The van der Waals surface area contributed by atoms with Crippen molar-refractivity contribution < 1.29 is 4.39 Å². The zero-order chi connectivity index (χ0) is 17.5. The van der Waals surface area contributed by atoms with Crippen molar-refractivity contribution in [3.05, 3.63) is 77.7 Å². The molecule has 4 nitrogen and oxygen atoms in total. The fourth-order valence-corrected chi connectivity index (χ4v) is 2.73. The molecule has 0 unspecified atom stereocenters. The molecule has 1 heterocycles. The third-order valence-electron chi connectivity index (χ3n) is 4.03. The third-order valence-corrected chi connectivity index (χ3v) is 4.03. The van der Waals surface area contributed by atoms with E-state index in [2.05, 4.69) is 26.7 Å². The van der Waals surface area contributed by atoms with E-state index in [9.17, 15) is 4.39 Å². The van der Waals surface area contributed by atoms with Gasteiger partial charge in [0, 0.05) is 31.7 Å². The standard InChI is InChI=1S/C20H21FN4.HI/c1-22-20(24-13-11-15-6-2-3-10-18(15)21)25-14-17-8-4-7-16-9-5-12-23-19(16)17;/h2-10,12H,11,13-14H2,1H3,(H2,22,24,25);1H. The van der Waals surface area contributed by atoms with E-state index in [4.69, 9.17) is 0 Å². The highest BCUT2D eigenvalue weighted by atomic mass is 127. The number of aliphatic imine (C=N–C) groups is 1. The Bertz CT molecular complexity index is 877. The molecule has 0 radical (unpaired) electrons. The largest absolute Gasteiger partial charge is 0.356 e. The molecule has 0 amide bonds. The maximum atomic E-state index is 13.6. The molecule has 0 fully saturated rings. The van der Waals surface area contributed by atoms with E-state index >= 15 is 0 Å². The second-order valence-electron chi connectivity index (χ2n) is 5.69. The Morgan fingerprint density at radius 3 is 2.58 bits per heavy atom. The zero-order valence-corrected chi connectivity index (χ0v) is 16.9. The molecule has 2 aromatic carbocycles. The van der Waals surface area contributed by atoms with Crippen LogP contribution in [0.1, 0.15) is 11.1 Å². The predicted molar refractivity (Wildman–Crippen MR) is 115 cm³/mol. The smallest absolute Gasteiger partial charge is 0.191 e. The molecule has 0 atom stereocenters. The number of fused-ring (bicyclic) bond motifs is 1. The lowest BCUT2D eigenvalue weighted by atomic mass is 10.1. The highest BCUT2D eigenvalue weighted by molar-refractivity contribution is 14.0. The normalized spacial score (nSPS) is 11.1. The molecule has 0 aliphatic carbocycles. The SMILES string of the molecule is CN=C(NCCc1ccccc1F)NCc1cccc2cccnc12.I. The fraction of sp³-hybridized carbons (Fsp3) is 0.200. The van der Waals surface area contributed by atoms with Crippen LogP contribution in [-0.4, -0.2) is 24.5 Å². The topological polar surface area (TPSA) is 49.3 Å². The number of pyridine rings is 1. The van der Waals surface area contributed by atoms with Crippen molar-refractivity contribution in [3.8, 4) is 0 Å². The lowest BCUT2D eigenvalue weighted by molar-refractivity contribution is 0.606. The fourth-order valence-electron chi connectivity index (χ4n) is 2.73. The number of hydrogen-bond acceptors (Lipinski definition) is 2. The van der Waals surface area contributed by atoms with Crippen molar-refractivity contribution in [1.82, 2.24) is 15.6 Å². The van der Waals surface area contributed by atoms with Gasteiger partial charge in [-0.15, -0.1) is 24.0 Å². The summed E-state index contributed by atoms with van der Waals surface area (Å²) < 4.78 is 13.6. The van der Waals surface area contributed by atoms with Crippen molar-refractivity contribution in [3.63, 3.8) is 0 Å². The second-order valence-corrected chi connectivity index (χ2v) is 5.69. The van der Waals surface area contributed by atoms with Gasteiger partial charge >= 0.3 is 0 Å². The summed E-state index contributed by atoms with van der Waals surface area (Å²) in [5, 5.41) is 7.61. The Labute approximate surface area is 170 Å². The molecule has 136 valence electrons. The van der Waals surface area contributed by atoms with Gasteiger partial charge in [-0.1, -0.05) is 42.5 Å². The summed E-state index contributed by atoms with van der Waals surface area (Å²) in [6.07, 6.45) is 2.40. The van der Waals surface area contributed by atoms with Gasteiger partial charge in [-0.3, -0.25) is 9.98 Å². The number of hydrogen-bond donors (Lipinski definition) is 2.